The summed E-state index contributed by atoms with van der Waals surface area (Å²) >= 11 is 0. The van der Waals surface area contributed by atoms with E-state index in [1.807, 2.05) is 24.3 Å². The zero-order chi connectivity index (χ0) is 22.0. The fourth-order valence-corrected chi connectivity index (χ4v) is 3.23. The molecule has 0 spiro atoms. The number of fused-ring (bicyclic) bond motifs is 1. The number of nitro groups is 1. The van der Waals surface area contributed by atoms with E-state index < -0.39 is 10.8 Å². The van der Waals surface area contributed by atoms with Gasteiger partial charge in [0.05, 0.1) is 16.7 Å². The second-order valence-corrected chi connectivity index (χ2v) is 6.87. The molecule has 8 heteroatoms. The van der Waals surface area contributed by atoms with E-state index in [1.54, 1.807) is 31.2 Å². The van der Waals surface area contributed by atoms with Gasteiger partial charge in [0.15, 0.2) is 0 Å². The number of hydrogen-bond donors (Lipinski definition) is 2. The van der Waals surface area contributed by atoms with Gasteiger partial charge in [0.2, 0.25) is 0 Å². The second kappa shape index (κ2) is 8.11. The highest BCUT2D eigenvalue weighted by molar-refractivity contribution is 6.01. The maximum absolute atomic E-state index is 12.4. The monoisotopic (exact) mass is 415 g/mol. The summed E-state index contributed by atoms with van der Waals surface area (Å²) in [5, 5.41) is 26.5. The van der Waals surface area contributed by atoms with Gasteiger partial charge in [0.25, 0.3) is 11.6 Å². The predicted octanol–water partition coefficient (Wildman–Crippen LogP) is 4.79. The average molecular weight is 415 g/mol. The van der Waals surface area contributed by atoms with Gasteiger partial charge >= 0.3 is 0 Å². The number of nitrogens with one attached hydrogen (secondary N) is 1. The van der Waals surface area contributed by atoms with Crippen molar-refractivity contribution in [2.45, 2.75) is 6.92 Å². The third kappa shape index (κ3) is 4.13. The fraction of sp³-hybridized carbons (Fsp3) is 0.0435. The first-order valence-electron chi connectivity index (χ1n) is 9.33. The lowest BCUT2D eigenvalue weighted by Crippen LogP contribution is -2.17. The SMILES string of the molecule is Cc1cc([N+](=O)[O-])ccc1-c1ccc(/C=N\NC(=O)c2cc3ccccc3cc2O)o1. The first-order valence-corrected chi connectivity index (χ1v) is 9.33. The van der Waals surface area contributed by atoms with Gasteiger partial charge in [-0.2, -0.15) is 5.10 Å². The summed E-state index contributed by atoms with van der Waals surface area (Å²) < 4.78 is 5.70. The molecule has 0 aliphatic carbocycles. The van der Waals surface area contributed by atoms with Crippen molar-refractivity contribution >= 4 is 28.6 Å². The van der Waals surface area contributed by atoms with Crippen LogP contribution in [-0.4, -0.2) is 22.2 Å². The molecule has 0 radical (unpaired) electrons. The first-order chi connectivity index (χ1) is 14.9. The quantitative estimate of drug-likeness (QED) is 0.276. The number of phenolic OH excluding ortho intramolecular Hbond substituents is 1. The Labute approximate surface area is 176 Å². The van der Waals surface area contributed by atoms with Crippen molar-refractivity contribution in [2.24, 2.45) is 5.10 Å². The number of aromatic hydroxyl groups is 1. The minimum atomic E-state index is -0.558. The van der Waals surface area contributed by atoms with Crippen LogP contribution in [0.15, 0.2) is 76.2 Å². The molecule has 2 N–H and O–H groups in total. The van der Waals surface area contributed by atoms with Crippen LogP contribution in [0.4, 0.5) is 5.69 Å². The number of hydrazone groups is 1. The number of nitro benzene ring substituents is 1. The number of carbonyl (C=O) groups excluding carboxylic acids is 1. The minimum absolute atomic E-state index is 0.00856. The molecule has 0 saturated heterocycles. The van der Waals surface area contributed by atoms with Gasteiger partial charge in [-0.3, -0.25) is 14.9 Å². The number of non-ortho nitro benzene ring substituents is 1. The summed E-state index contributed by atoms with van der Waals surface area (Å²) in [7, 11) is 0. The molecule has 154 valence electrons. The second-order valence-electron chi connectivity index (χ2n) is 6.87. The van der Waals surface area contributed by atoms with Crippen molar-refractivity contribution < 1.29 is 19.2 Å². The normalized spacial score (nSPS) is 11.1. The van der Waals surface area contributed by atoms with E-state index in [4.69, 9.17) is 4.42 Å². The van der Waals surface area contributed by atoms with Crippen molar-refractivity contribution in [3.05, 3.63) is 93.7 Å². The van der Waals surface area contributed by atoms with Gasteiger partial charge < -0.3 is 9.52 Å². The Morgan fingerprint density at radius 3 is 2.55 bits per heavy atom. The number of phenols is 1. The van der Waals surface area contributed by atoms with E-state index in [0.29, 0.717) is 17.1 Å². The highest BCUT2D eigenvalue weighted by Crippen LogP contribution is 2.28. The smallest absolute Gasteiger partial charge is 0.275 e. The summed E-state index contributed by atoms with van der Waals surface area (Å²) in [5.41, 5.74) is 3.91. The van der Waals surface area contributed by atoms with Gasteiger partial charge in [-0.1, -0.05) is 24.3 Å². The Bertz CT molecular complexity index is 1340. The summed E-state index contributed by atoms with van der Waals surface area (Å²) in [6.45, 7) is 1.76. The number of aryl methyl sites for hydroxylation is 1. The van der Waals surface area contributed by atoms with Crippen LogP contribution in [0.3, 0.4) is 0 Å². The van der Waals surface area contributed by atoms with E-state index in [2.05, 4.69) is 10.5 Å². The molecule has 31 heavy (non-hydrogen) atoms. The Morgan fingerprint density at radius 2 is 1.84 bits per heavy atom. The lowest BCUT2D eigenvalue weighted by atomic mass is 10.1. The summed E-state index contributed by atoms with van der Waals surface area (Å²) in [6.07, 6.45) is 1.33. The number of rotatable bonds is 5. The van der Waals surface area contributed by atoms with Crippen LogP contribution >= 0.6 is 0 Å². The summed E-state index contributed by atoms with van der Waals surface area (Å²) in [4.78, 5) is 22.8. The lowest BCUT2D eigenvalue weighted by Gasteiger charge is -2.05. The van der Waals surface area contributed by atoms with Crippen LogP contribution in [-0.2, 0) is 0 Å². The molecule has 1 aromatic heterocycles. The van der Waals surface area contributed by atoms with Crippen LogP contribution < -0.4 is 5.43 Å². The Balaban J connectivity index is 1.48. The fourth-order valence-electron chi connectivity index (χ4n) is 3.23. The highest BCUT2D eigenvalue weighted by atomic mass is 16.6. The van der Waals surface area contributed by atoms with E-state index >= 15 is 0 Å². The molecule has 0 aliphatic heterocycles. The highest BCUT2D eigenvalue weighted by Gasteiger charge is 2.13. The molecule has 3 aromatic carbocycles. The largest absolute Gasteiger partial charge is 0.507 e. The van der Waals surface area contributed by atoms with E-state index in [0.717, 1.165) is 16.3 Å². The maximum Gasteiger partial charge on any atom is 0.275 e. The molecular weight excluding hydrogens is 398 g/mol. The zero-order valence-electron chi connectivity index (χ0n) is 16.4. The number of carbonyl (C=O) groups is 1. The van der Waals surface area contributed by atoms with Gasteiger partial charge in [-0.25, -0.2) is 5.43 Å². The topological polar surface area (TPSA) is 118 Å². The van der Waals surface area contributed by atoms with Crippen LogP contribution in [0.5, 0.6) is 5.75 Å². The van der Waals surface area contributed by atoms with Crippen LogP contribution in [0.2, 0.25) is 0 Å². The molecule has 1 heterocycles. The molecular formula is C23H17N3O5. The van der Waals surface area contributed by atoms with Crippen LogP contribution in [0, 0.1) is 17.0 Å². The number of nitrogens with zero attached hydrogens (tertiary/aromatic N) is 2. The molecule has 0 bridgehead atoms. The number of hydrogen-bond acceptors (Lipinski definition) is 6. The molecule has 0 saturated carbocycles. The third-order valence-corrected chi connectivity index (χ3v) is 4.78. The Morgan fingerprint density at radius 1 is 1.10 bits per heavy atom. The van der Waals surface area contributed by atoms with Gasteiger partial charge in [0.1, 0.15) is 17.3 Å². The Hall–Kier alpha value is -4.46. The molecule has 4 rings (SSSR count). The van der Waals surface area contributed by atoms with Crippen molar-refractivity contribution in [1.29, 1.82) is 0 Å². The number of amides is 1. The summed E-state index contributed by atoms with van der Waals surface area (Å²) in [5.74, 6) is 0.209. The third-order valence-electron chi connectivity index (χ3n) is 4.78. The number of furan rings is 1. The van der Waals surface area contributed by atoms with E-state index in [1.165, 1.54) is 24.4 Å². The van der Waals surface area contributed by atoms with Gasteiger partial charge in [-0.05, 0) is 53.6 Å². The summed E-state index contributed by atoms with van der Waals surface area (Å²) in [6, 6.07) is 18.4. The molecule has 0 unspecified atom stereocenters. The molecule has 1 amide bonds. The van der Waals surface area contributed by atoms with Crippen molar-refractivity contribution in [2.75, 3.05) is 0 Å². The van der Waals surface area contributed by atoms with Gasteiger partial charge in [-0.15, -0.1) is 0 Å². The maximum atomic E-state index is 12.4. The number of benzene rings is 3. The Kier molecular flexibility index (Phi) is 5.19. The molecule has 0 atom stereocenters. The molecule has 0 aliphatic rings. The zero-order valence-corrected chi connectivity index (χ0v) is 16.4. The van der Waals surface area contributed by atoms with Crippen molar-refractivity contribution in [3.8, 4) is 17.1 Å². The van der Waals surface area contributed by atoms with Crippen molar-refractivity contribution in [3.63, 3.8) is 0 Å². The van der Waals surface area contributed by atoms with Crippen molar-refractivity contribution in [1.82, 2.24) is 5.43 Å². The van der Waals surface area contributed by atoms with E-state index in [-0.39, 0.29) is 17.0 Å². The average Bonchev–Trinajstić information content (AvgIpc) is 3.21. The van der Waals surface area contributed by atoms with Gasteiger partial charge in [0, 0.05) is 17.7 Å². The van der Waals surface area contributed by atoms with Crippen LogP contribution in [0.25, 0.3) is 22.1 Å². The predicted molar refractivity (Wildman–Crippen MR) is 116 cm³/mol. The van der Waals surface area contributed by atoms with Crippen LogP contribution in [0.1, 0.15) is 21.7 Å². The molecule has 8 nitrogen and oxygen atoms in total. The first kappa shape index (κ1) is 19.8. The lowest BCUT2D eigenvalue weighted by molar-refractivity contribution is -0.384. The molecule has 0 fully saturated rings. The molecule has 4 aromatic rings. The standard InChI is InChI=1S/C23H17N3O5/c1-14-10-17(26(29)30)6-8-19(14)22-9-7-18(31-22)13-24-25-23(28)20-11-15-4-2-3-5-16(15)12-21(20)27/h2-13,27H,1H3,(H,25,28)/b24-13-. The minimum Gasteiger partial charge on any atom is -0.507 e. The van der Waals surface area contributed by atoms with E-state index in [9.17, 15) is 20.0 Å².